The van der Waals surface area contributed by atoms with Crippen molar-refractivity contribution in [1.82, 2.24) is 10.2 Å². The topological polar surface area (TPSA) is 226 Å². The summed E-state index contributed by atoms with van der Waals surface area (Å²) in [6, 6.07) is 14.9. The molecule has 72 heavy (non-hydrogen) atoms. The van der Waals surface area contributed by atoms with E-state index in [-0.39, 0.29) is 75.8 Å². The fraction of sp³-hybridized carbons (Fsp3) is 0.547. The Bertz CT molecular complexity index is 2450. The lowest BCUT2D eigenvalue weighted by atomic mass is 9.44. The van der Waals surface area contributed by atoms with Crippen molar-refractivity contribution >= 4 is 40.9 Å². The Labute approximate surface area is 416 Å². The van der Waals surface area contributed by atoms with Crippen molar-refractivity contribution in [3.05, 3.63) is 101 Å². The first kappa shape index (κ1) is 52.9. The van der Waals surface area contributed by atoms with Crippen molar-refractivity contribution in [2.24, 2.45) is 22.7 Å². The number of carbonyl (C=O) groups excluding carboxylic acids is 6. The number of fused-ring (bicyclic) bond motifs is 7. The normalized spacial score (nSPS) is 31.2. The van der Waals surface area contributed by atoms with Crippen LogP contribution in [-0.2, 0) is 63.6 Å². The summed E-state index contributed by atoms with van der Waals surface area (Å²) in [6.07, 6.45) is 1.21. The van der Waals surface area contributed by atoms with E-state index in [9.17, 15) is 39.0 Å². The van der Waals surface area contributed by atoms with Gasteiger partial charge in [-0.05, 0) is 79.5 Å². The molecule has 1 saturated heterocycles. The van der Waals surface area contributed by atoms with Gasteiger partial charge in [0.25, 0.3) is 11.8 Å². The van der Waals surface area contributed by atoms with Crippen LogP contribution in [-0.4, -0.2) is 153 Å². The van der Waals surface area contributed by atoms with Crippen LogP contribution in [0.25, 0.3) is 0 Å². The maximum Gasteiger partial charge on any atom is 0.253 e. The second-order valence-corrected chi connectivity index (χ2v) is 19.6. The number of hydrogen-bond acceptors (Lipinski definition) is 14. The van der Waals surface area contributed by atoms with E-state index in [4.69, 9.17) is 28.4 Å². The molecule has 6 aliphatic rings. The summed E-state index contributed by atoms with van der Waals surface area (Å²) >= 11 is 0. The molecule has 4 aliphatic carbocycles. The minimum Gasteiger partial charge on any atom is -0.390 e. The van der Waals surface area contributed by atoms with Crippen molar-refractivity contribution in [2.75, 3.05) is 77.9 Å². The molecule has 0 radical (unpaired) electrons. The van der Waals surface area contributed by atoms with E-state index in [2.05, 4.69) is 10.6 Å². The van der Waals surface area contributed by atoms with Crippen LogP contribution < -0.4 is 10.6 Å². The van der Waals surface area contributed by atoms with Crippen LogP contribution in [0.3, 0.4) is 0 Å². The van der Waals surface area contributed by atoms with E-state index >= 15 is 8.78 Å². The molecule has 17 nitrogen and oxygen atoms in total. The minimum absolute atomic E-state index is 0.0103. The Morgan fingerprint density at radius 1 is 0.819 bits per heavy atom. The molecule has 10 atom stereocenters. The van der Waals surface area contributed by atoms with Crippen LogP contribution in [0.15, 0.2) is 84.5 Å². The van der Waals surface area contributed by atoms with E-state index in [1.807, 2.05) is 42.5 Å². The number of imide groups is 1. The molecule has 2 aliphatic heterocycles. The van der Waals surface area contributed by atoms with Gasteiger partial charge in [-0.1, -0.05) is 49.4 Å². The number of Topliss-reactive ketones (excluding diaryl/α,β-unsaturated/α-hetero) is 1. The molecular weight excluding hydrogens is 941 g/mol. The zero-order valence-electron chi connectivity index (χ0n) is 40.5. The summed E-state index contributed by atoms with van der Waals surface area (Å²) < 4.78 is 68.8. The lowest BCUT2D eigenvalue weighted by molar-refractivity contribution is -0.235. The highest BCUT2D eigenvalue weighted by molar-refractivity contribution is 6.13. The first-order valence-electron chi connectivity index (χ1n) is 24.6. The van der Waals surface area contributed by atoms with Gasteiger partial charge in [0, 0.05) is 59.7 Å². The zero-order valence-corrected chi connectivity index (χ0v) is 40.5. The summed E-state index contributed by atoms with van der Waals surface area (Å²) in [7, 11) is 0. The molecule has 4 amide bonds. The molecule has 388 valence electrons. The Morgan fingerprint density at radius 3 is 2.17 bits per heavy atom. The number of aliphatic hydroxyl groups is 2. The number of hydrogen-bond donors (Lipinski definition) is 4. The van der Waals surface area contributed by atoms with Crippen LogP contribution in [0.2, 0.25) is 0 Å². The Morgan fingerprint density at radius 2 is 1.49 bits per heavy atom. The molecule has 3 saturated carbocycles. The minimum atomic E-state index is -2.34. The monoisotopic (exact) mass is 1000 g/mol. The third kappa shape index (κ3) is 10.4. The molecule has 0 aromatic heterocycles. The van der Waals surface area contributed by atoms with E-state index in [1.165, 1.54) is 31.2 Å². The second kappa shape index (κ2) is 22.4. The van der Waals surface area contributed by atoms with Crippen LogP contribution >= 0.6 is 0 Å². The molecule has 19 heteroatoms. The molecule has 4 N–H and O–H groups in total. The smallest absolute Gasteiger partial charge is 0.253 e. The fourth-order valence-corrected chi connectivity index (χ4v) is 11.9. The number of carbonyl (C=O) groups is 6. The summed E-state index contributed by atoms with van der Waals surface area (Å²) in [5.41, 5.74) is -3.75. The van der Waals surface area contributed by atoms with Gasteiger partial charge in [-0.3, -0.25) is 33.7 Å². The molecule has 8 rings (SSSR count). The van der Waals surface area contributed by atoms with Gasteiger partial charge in [0.05, 0.1) is 71.5 Å². The second-order valence-electron chi connectivity index (χ2n) is 19.6. The Balaban J connectivity index is 0.723. The van der Waals surface area contributed by atoms with E-state index in [1.54, 1.807) is 13.0 Å². The molecule has 0 spiro atoms. The average molecular weight is 1000 g/mol. The number of aliphatic hydroxyl groups excluding tert-OH is 2. The number of halogens is 2. The largest absolute Gasteiger partial charge is 0.390 e. The third-order valence-electron chi connectivity index (χ3n) is 15.4. The number of allylic oxidation sites excluding steroid dienone is 4. The molecule has 2 aromatic rings. The first-order valence-corrected chi connectivity index (χ1v) is 24.6. The van der Waals surface area contributed by atoms with Crippen molar-refractivity contribution in [1.29, 1.82) is 0 Å². The molecule has 4 fully saturated rings. The lowest BCUT2D eigenvalue weighted by Crippen LogP contribution is -2.70. The number of rotatable bonds is 24. The predicted molar refractivity (Wildman–Crippen MR) is 253 cm³/mol. The van der Waals surface area contributed by atoms with Gasteiger partial charge in [-0.15, -0.1) is 0 Å². The number of anilines is 1. The van der Waals surface area contributed by atoms with E-state index in [0.29, 0.717) is 57.3 Å². The van der Waals surface area contributed by atoms with E-state index < -0.39 is 88.6 Å². The summed E-state index contributed by atoms with van der Waals surface area (Å²) in [4.78, 5) is 74.9. The van der Waals surface area contributed by atoms with Crippen LogP contribution in [0.5, 0.6) is 0 Å². The molecule has 0 unspecified atom stereocenters. The number of amides is 4. The molecular formula is C53H63F2N3O14. The van der Waals surface area contributed by atoms with Gasteiger partial charge in [-0.2, -0.15) is 0 Å². The Kier molecular flexibility index (Phi) is 16.5. The zero-order chi connectivity index (χ0) is 51.3. The third-order valence-corrected chi connectivity index (χ3v) is 15.4. The number of alkyl halides is 2. The highest BCUT2D eigenvalue weighted by atomic mass is 19.1. The number of nitrogens with zero attached hydrogens (tertiary/aromatic N) is 1. The van der Waals surface area contributed by atoms with Gasteiger partial charge < -0.3 is 49.3 Å². The highest BCUT2D eigenvalue weighted by Crippen LogP contribution is 2.72. The van der Waals surface area contributed by atoms with Gasteiger partial charge in [0.15, 0.2) is 29.1 Å². The van der Waals surface area contributed by atoms with Crippen molar-refractivity contribution < 1.29 is 76.2 Å². The van der Waals surface area contributed by atoms with Gasteiger partial charge in [0.2, 0.25) is 11.8 Å². The quantitative estimate of drug-likeness (QED) is 0.0869. The van der Waals surface area contributed by atoms with Crippen molar-refractivity contribution in [2.45, 2.75) is 88.3 Å². The van der Waals surface area contributed by atoms with Crippen LogP contribution in [0.1, 0.15) is 68.9 Å². The molecule has 2 aromatic carbocycles. The lowest BCUT2D eigenvalue weighted by Gasteiger charge is -2.63. The standard InChI is InChI=1S/C53H63F2N3O14/c1-50-15-12-37(60)28-40(50)41(54)29-39-38-30-44-53(43(62)32-59,51(38,2)31-42(61)52(39,50)55)72-49(71-44)35-8-6-33(7-9-35)26-34-4-3-5-36(27-34)57-46(64)14-18-67-20-22-69-24-25-70-23-21-68-19-16-56-45(63)13-17-58-47(65)10-11-48(58)66/h3-12,15,27-28,38-39,41-42,44,49,59,61H,13-14,16-26,29-32H2,1-2H3,(H,56,63)(H,57,64)/t38-,39-,41-,42-,44+,49+,50-,51-,52-,53+/m0/s1. The predicted octanol–water partition coefficient (Wildman–Crippen LogP) is 3.75. The van der Waals surface area contributed by atoms with Crippen LogP contribution in [0, 0.1) is 22.7 Å². The molecule has 2 heterocycles. The SMILES string of the molecule is C[C@]12C=CC(=O)C=C1[C@@H](F)C[C@H]1[C@@H]3C[C@H]4O[C@@H](c5ccc(Cc6cccc(NC(=O)CCOCCOCCOCCOCCNC(=O)CCN7C(=O)C=CC7=O)c6)cc5)O[C@@]4(C(=O)CO)[C@@]3(C)C[C@H](O)[C@@]12F. The van der Waals surface area contributed by atoms with Crippen molar-refractivity contribution in [3.63, 3.8) is 0 Å². The number of nitrogens with one attached hydrogen (secondary N) is 2. The maximum atomic E-state index is 17.7. The average Bonchev–Trinajstić information content (AvgIpc) is 3.98. The van der Waals surface area contributed by atoms with E-state index in [0.717, 1.165) is 22.1 Å². The first-order chi connectivity index (χ1) is 34.5. The molecule has 0 bridgehead atoms. The van der Waals surface area contributed by atoms with Crippen molar-refractivity contribution in [3.8, 4) is 0 Å². The summed E-state index contributed by atoms with van der Waals surface area (Å²) in [5, 5.41) is 27.7. The summed E-state index contributed by atoms with van der Waals surface area (Å²) in [5.74, 6) is -4.12. The van der Waals surface area contributed by atoms with Crippen LogP contribution in [0.4, 0.5) is 14.5 Å². The highest BCUT2D eigenvalue weighted by Gasteiger charge is 2.80. The van der Waals surface area contributed by atoms with Gasteiger partial charge in [0.1, 0.15) is 12.8 Å². The number of ketones is 2. The number of benzene rings is 2. The Hall–Kier alpha value is -5.38. The summed E-state index contributed by atoms with van der Waals surface area (Å²) in [6.45, 7) is 5.20. The van der Waals surface area contributed by atoms with Gasteiger partial charge in [-0.25, -0.2) is 8.78 Å². The van der Waals surface area contributed by atoms with Gasteiger partial charge >= 0.3 is 0 Å². The number of ether oxygens (including phenoxy) is 6. The maximum absolute atomic E-state index is 17.7. The fourth-order valence-electron chi connectivity index (χ4n) is 11.9.